The molecule has 0 atom stereocenters. The second-order valence-electron chi connectivity index (χ2n) is 2.73. The molecule has 0 unspecified atom stereocenters. The highest BCUT2D eigenvalue weighted by atomic mass is 79.9. The van der Waals surface area contributed by atoms with Crippen molar-refractivity contribution in [3.8, 4) is 11.6 Å². The lowest BCUT2D eigenvalue weighted by atomic mass is 10.3. The number of nitrogen functional groups attached to an aromatic ring is 1. The molecule has 0 aromatic carbocycles. The van der Waals surface area contributed by atoms with E-state index in [9.17, 15) is 0 Å². The molecular formula is C8H8BrN5O. The van der Waals surface area contributed by atoms with E-state index in [2.05, 4.69) is 30.9 Å². The Balaban J connectivity index is 2.61. The number of oxazole rings is 1. The summed E-state index contributed by atoms with van der Waals surface area (Å²) in [5, 5.41) is 0. The Morgan fingerprint density at radius 3 is 2.80 bits per heavy atom. The van der Waals surface area contributed by atoms with Crippen molar-refractivity contribution in [3.63, 3.8) is 0 Å². The molecular weight excluding hydrogens is 262 g/mol. The maximum Gasteiger partial charge on any atom is 0.246 e. The first-order valence-corrected chi connectivity index (χ1v) is 4.93. The normalized spacial score (nSPS) is 10.5. The minimum atomic E-state index is 0.145. The first kappa shape index (κ1) is 10.1. The summed E-state index contributed by atoms with van der Waals surface area (Å²) >= 11 is 3.34. The van der Waals surface area contributed by atoms with Crippen LogP contribution in [0.5, 0.6) is 0 Å². The Labute approximate surface area is 93.9 Å². The summed E-state index contributed by atoms with van der Waals surface area (Å²) in [5.41, 5.74) is 12.2. The zero-order valence-electron chi connectivity index (χ0n) is 7.64. The molecule has 0 saturated heterocycles. The van der Waals surface area contributed by atoms with Gasteiger partial charge in [0.2, 0.25) is 11.8 Å². The second-order valence-corrected chi connectivity index (χ2v) is 3.53. The highest BCUT2D eigenvalue weighted by Gasteiger charge is 2.14. The average Bonchev–Trinajstić information content (AvgIpc) is 2.74. The van der Waals surface area contributed by atoms with Crippen LogP contribution in [0.1, 0.15) is 5.69 Å². The molecule has 0 aliphatic heterocycles. The smallest absolute Gasteiger partial charge is 0.246 e. The van der Waals surface area contributed by atoms with E-state index in [1.165, 1.54) is 12.5 Å². The first-order chi connectivity index (χ1) is 7.22. The van der Waals surface area contributed by atoms with Crippen molar-refractivity contribution >= 4 is 21.9 Å². The van der Waals surface area contributed by atoms with E-state index in [0.717, 1.165) is 0 Å². The van der Waals surface area contributed by atoms with Crippen LogP contribution in [0.15, 0.2) is 21.3 Å². The minimum absolute atomic E-state index is 0.145. The molecule has 0 amide bonds. The van der Waals surface area contributed by atoms with Gasteiger partial charge in [0.05, 0.1) is 16.4 Å². The summed E-state index contributed by atoms with van der Waals surface area (Å²) in [6, 6.07) is 0. The van der Waals surface area contributed by atoms with Gasteiger partial charge in [-0.2, -0.15) is 0 Å². The van der Waals surface area contributed by atoms with Crippen LogP contribution in [0, 0.1) is 0 Å². The Hall–Kier alpha value is -1.47. The molecule has 0 spiro atoms. The van der Waals surface area contributed by atoms with Crippen molar-refractivity contribution in [3.05, 3.63) is 22.6 Å². The number of rotatable bonds is 2. The Morgan fingerprint density at radius 1 is 1.40 bits per heavy atom. The van der Waals surface area contributed by atoms with E-state index in [4.69, 9.17) is 15.9 Å². The molecule has 4 N–H and O–H groups in total. The SMILES string of the molecule is NCc1nc(N)nc(-c2ncco2)c1Br. The fourth-order valence-corrected chi connectivity index (χ4v) is 1.64. The highest BCUT2D eigenvalue weighted by molar-refractivity contribution is 9.10. The van der Waals surface area contributed by atoms with Gasteiger partial charge in [-0.1, -0.05) is 0 Å². The lowest BCUT2D eigenvalue weighted by molar-refractivity contribution is 0.571. The molecule has 2 heterocycles. The van der Waals surface area contributed by atoms with Gasteiger partial charge in [0, 0.05) is 6.54 Å². The molecule has 0 fully saturated rings. The summed E-state index contributed by atoms with van der Waals surface area (Å²) in [5.74, 6) is 0.525. The number of anilines is 1. The van der Waals surface area contributed by atoms with Gasteiger partial charge in [0.15, 0.2) is 0 Å². The monoisotopic (exact) mass is 269 g/mol. The number of aromatic nitrogens is 3. The van der Waals surface area contributed by atoms with Crippen LogP contribution >= 0.6 is 15.9 Å². The molecule has 2 aromatic rings. The highest BCUT2D eigenvalue weighted by Crippen LogP contribution is 2.27. The molecule has 0 aliphatic rings. The van der Waals surface area contributed by atoms with E-state index >= 15 is 0 Å². The van der Waals surface area contributed by atoms with E-state index < -0.39 is 0 Å². The Kier molecular flexibility index (Phi) is 2.65. The van der Waals surface area contributed by atoms with Crippen LogP contribution in [-0.2, 0) is 6.54 Å². The molecule has 15 heavy (non-hydrogen) atoms. The summed E-state index contributed by atoms with van der Waals surface area (Å²) < 4.78 is 5.78. The predicted molar refractivity (Wildman–Crippen MR) is 57.5 cm³/mol. The average molecular weight is 270 g/mol. The van der Waals surface area contributed by atoms with Crippen LogP contribution in [0.3, 0.4) is 0 Å². The van der Waals surface area contributed by atoms with Gasteiger partial charge in [0.25, 0.3) is 0 Å². The fourth-order valence-electron chi connectivity index (χ4n) is 1.13. The van der Waals surface area contributed by atoms with E-state index in [-0.39, 0.29) is 12.5 Å². The van der Waals surface area contributed by atoms with Crippen molar-refractivity contribution in [2.24, 2.45) is 5.73 Å². The lowest BCUT2D eigenvalue weighted by Gasteiger charge is -2.05. The van der Waals surface area contributed by atoms with Gasteiger partial charge in [-0.25, -0.2) is 15.0 Å². The zero-order chi connectivity index (χ0) is 10.8. The van der Waals surface area contributed by atoms with Crippen molar-refractivity contribution in [1.29, 1.82) is 0 Å². The van der Waals surface area contributed by atoms with Gasteiger partial charge in [-0.3, -0.25) is 0 Å². The summed E-state index contributed by atoms with van der Waals surface area (Å²) in [6.07, 6.45) is 2.99. The molecule has 2 rings (SSSR count). The number of nitrogens with two attached hydrogens (primary N) is 2. The molecule has 6 nitrogen and oxygen atoms in total. The molecule has 0 saturated carbocycles. The summed E-state index contributed by atoms with van der Waals surface area (Å²) in [4.78, 5) is 12.0. The third-order valence-corrected chi connectivity index (χ3v) is 2.60. The largest absolute Gasteiger partial charge is 0.443 e. The number of halogens is 1. The topological polar surface area (TPSA) is 104 Å². The second kappa shape index (κ2) is 3.95. The van der Waals surface area contributed by atoms with Crippen molar-refractivity contribution in [2.75, 3.05) is 5.73 Å². The molecule has 0 bridgehead atoms. The number of hydrogen-bond acceptors (Lipinski definition) is 6. The number of nitrogens with zero attached hydrogens (tertiary/aromatic N) is 3. The maximum absolute atomic E-state index is 5.54. The van der Waals surface area contributed by atoms with Gasteiger partial charge < -0.3 is 15.9 Å². The van der Waals surface area contributed by atoms with Crippen LogP contribution in [0.4, 0.5) is 5.95 Å². The quantitative estimate of drug-likeness (QED) is 0.841. The third kappa shape index (κ3) is 1.83. The summed E-state index contributed by atoms with van der Waals surface area (Å²) in [6.45, 7) is 0.265. The standard InChI is InChI=1S/C8H8BrN5O/c9-5-4(3-10)13-8(11)14-6(5)7-12-1-2-15-7/h1-2H,3,10H2,(H2,11,13,14). The molecule has 2 aromatic heterocycles. The first-order valence-electron chi connectivity index (χ1n) is 4.14. The summed E-state index contributed by atoms with van der Waals surface area (Å²) in [7, 11) is 0. The molecule has 0 aliphatic carbocycles. The zero-order valence-corrected chi connectivity index (χ0v) is 9.23. The molecule has 7 heteroatoms. The van der Waals surface area contributed by atoms with Gasteiger partial charge in [-0.15, -0.1) is 0 Å². The van der Waals surface area contributed by atoms with Crippen LogP contribution < -0.4 is 11.5 Å². The molecule has 78 valence electrons. The van der Waals surface area contributed by atoms with Crippen LogP contribution in [-0.4, -0.2) is 15.0 Å². The lowest BCUT2D eigenvalue weighted by Crippen LogP contribution is -2.07. The predicted octanol–water partition coefficient (Wildman–Crippen LogP) is 0.935. The van der Waals surface area contributed by atoms with Crippen molar-refractivity contribution < 1.29 is 4.42 Å². The van der Waals surface area contributed by atoms with Gasteiger partial charge >= 0.3 is 0 Å². The van der Waals surface area contributed by atoms with Crippen molar-refractivity contribution in [2.45, 2.75) is 6.54 Å². The fraction of sp³-hybridized carbons (Fsp3) is 0.125. The number of hydrogen-bond donors (Lipinski definition) is 2. The Bertz CT molecular complexity index is 470. The molecule has 0 radical (unpaired) electrons. The maximum atomic E-state index is 5.54. The van der Waals surface area contributed by atoms with Gasteiger partial charge in [0.1, 0.15) is 12.0 Å². The Morgan fingerprint density at radius 2 is 2.20 bits per heavy atom. The van der Waals surface area contributed by atoms with Gasteiger partial charge in [-0.05, 0) is 15.9 Å². The van der Waals surface area contributed by atoms with E-state index in [0.29, 0.717) is 21.8 Å². The third-order valence-electron chi connectivity index (χ3n) is 1.77. The van der Waals surface area contributed by atoms with Crippen molar-refractivity contribution in [1.82, 2.24) is 15.0 Å². The van der Waals surface area contributed by atoms with Crippen LogP contribution in [0.25, 0.3) is 11.6 Å². The van der Waals surface area contributed by atoms with E-state index in [1.807, 2.05) is 0 Å². The van der Waals surface area contributed by atoms with E-state index in [1.54, 1.807) is 0 Å². The minimum Gasteiger partial charge on any atom is -0.443 e. The van der Waals surface area contributed by atoms with Crippen LogP contribution in [0.2, 0.25) is 0 Å².